The van der Waals surface area contributed by atoms with Crippen molar-refractivity contribution in [2.75, 3.05) is 0 Å². The molecule has 0 atom stereocenters. The Morgan fingerprint density at radius 1 is 1.40 bits per heavy atom. The van der Waals surface area contributed by atoms with Crippen molar-refractivity contribution < 1.29 is 0 Å². The van der Waals surface area contributed by atoms with Gasteiger partial charge in [0.1, 0.15) is 0 Å². The van der Waals surface area contributed by atoms with Crippen LogP contribution in [0.4, 0.5) is 0 Å². The van der Waals surface area contributed by atoms with Crippen molar-refractivity contribution in [3.8, 4) is 0 Å². The molecule has 0 heterocycles. The van der Waals surface area contributed by atoms with Crippen LogP contribution in [0.5, 0.6) is 0 Å². The van der Waals surface area contributed by atoms with E-state index in [2.05, 4.69) is 26.5 Å². The lowest BCUT2D eigenvalue weighted by Crippen LogP contribution is -1.67. The second kappa shape index (κ2) is 5.04. The highest BCUT2D eigenvalue weighted by Gasteiger charge is 1.77. The first-order valence-corrected chi connectivity index (χ1v) is 3.66. The number of rotatable bonds is 3. The first-order valence-electron chi connectivity index (χ1n) is 3.66. The molecule has 0 aliphatic rings. The molecule has 0 nitrogen and oxygen atoms in total. The van der Waals surface area contributed by atoms with Crippen molar-refractivity contribution in [1.82, 2.24) is 0 Å². The first-order chi connectivity index (χ1) is 4.66. The fourth-order valence-electron chi connectivity index (χ4n) is 0.494. The lowest BCUT2D eigenvalue weighted by molar-refractivity contribution is 1.10. The van der Waals surface area contributed by atoms with Crippen LogP contribution >= 0.6 is 0 Å². The normalized spacial score (nSPS) is 12.5. The third-order valence-electron chi connectivity index (χ3n) is 1.32. The van der Waals surface area contributed by atoms with Gasteiger partial charge in [0, 0.05) is 0 Å². The molecule has 0 unspecified atom stereocenters. The van der Waals surface area contributed by atoms with Gasteiger partial charge < -0.3 is 0 Å². The molecular weight excluding hydrogens is 120 g/mol. The van der Waals surface area contributed by atoms with E-state index in [0.29, 0.717) is 0 Å². The van der Waals surface area contributed by atoms with Crippen molar-refractivity contribution >= 4 is 0 Å². The van der Waals surface area contributed by atoms with Crippen molar-refractivity contribution in [2.45, 2.75) is 27.2 Å². The van der Waals surface area contributed by atoms with Gasteiger partial charge in [-0.3, -0.25) is 0 Å². The summed E-state index contributed by atoms with van der Waals surface area (Å²) < 4.78 is 0. The monoisotopic (exact) mass is 136 g/mol. The van der Waals surface area contributed by atoms with Crippen molar-refractivity contribution in [2.24, 2.45) is 0 Å². The van der Waals surface area contributed by atoms with Crippen LogP contribution in [0.3, 0.4) is 0 Å². The van der Waals surface area contributed by atoms with Crippen molar-refractivity contribution in [1.29, 1.82) is 0 Å². The topological polar surface area (TPSA) is 0 Å². The van der Waals surface area contributed by atoms with Gasteiger partial charge in [-0.05, 0) is 20.3 Å². The van der Waals surface area contributed by atoms with E-state index < -0.39 is 0 Å². The van der Waals surface area contributed by atoms with E-state index in [1.807, 2.05) is 19.1 Å². The number of allylic oxidation sites excluding steroid dienone is 5. The minimum Gasteiger partial charge on any atom is -0.0961 e. The minimum atomic E-state index is 1.10. The first kappa shape index (κ1) is 9.22. The molecule has 0 aromatic heterocycles. The van der Waals surface area contributed by atoms with Gasteiger partial charge >= 0.3 is 0 Å². The summed E-state index contributed by atoms with van der Waals surface area (Å²) in [7, 11) is 0. The maximum Gasteiger partial charge on any atom is -0.0349 e. The smallest absolute Gasteiger partial charge is 0.0349 e. The molecular formula is C10H16. The second-order valence-corrected chi connectivity index (χ2v) is 2.57. The van der Waals surface area contributed by atoms with Crippen LogP contribution in [0.25, 0.3) is 0 Å². The molecule has 0 saturated carbocycles. The molecule has 0 aliphatic heterocycles. The summed E-state index contributed by atoms with van der Waals surface area (Å²) in [4.78, 5) is 0. The molecule has 0 aromatic carbocycles. The van der Waals surface area contributed by atoms with Gasteiger partial charge in [-0.1, -0.05) is 42.9 Å². The van der Waals surface area contributed by atoms with Crippen LogP contribution in [0, 0.1) is 0 Å². The Bertz CT molecular complexity index is 159. The third kappa shape index (κ3) is 5.36. The molecule has 0 aliphatic carbocycles. The predicted octanol–water partition coefficient (Wildman–Crippen LogP) is 3.48. The molecule has 10 heavy (non-hydrogen) atoms. The van der Waals surface area contributed by atoms with Crippen LogP contribution in [-0.2, 0) is 0 Å². The summed E-state index contributed by atoms with van der Waals surface area (Å²) in [6.07, 6.45) is 7.30. The summed E-state index contributed by atoms with van der Waals surface area (Å²) >= 11 is 0. The summed E-state index contributed by atoms with van der Waals surface area (Å²) in [6, 6.07) is 0. The molecule has 0 aromatic rings. The fraction of sp³-hybridized carbons (Fsp3) is 0.400. The summed E-state index contributed by atoms with van der Waals surface area (Å²) in [6.45, 7) is 10.0. The highest BCUT2D eigenvalue weighted by atomic mass is 13.8. The van der Waals surface area contributed by atoms with E-state index in [-0.39, 0.29) is 0 Å². The standard InChI is InChI=1S/C10H16/c1-5-10(4)8-6-7-9(2)3/h6-8H,2,5H2,1,3-4H3/b7-6+,10-8+. The molecule has 0 N–H and O–H groups in total. The van der Waals surface area contributed by atoms with Gasteiger partial charge in [0.2, 0.25) is 0 Å². The van der Waals surface area contributed by atoms with Crippen molar-refractivity contribution in [3.05, 3.63) is 36.0 Å². The van der Waals surface area contributed by atoms with E-state index in [9.17, 15) is 0 Å². The highest BCUT2D eigenvalue weighted by molar-refractivity contribution is 5.19. The maximum atomic E-state index is 3.76. The predicted molar refractivity (Wildman–Crippen MR) is 48.0 cm³/mol. The van der Waals surface area contributed by atoms with Gasteiger partial charge in [0.15, 0.2) is 0 Å². The van der Waals surface area contributed by atoms with E-state index in [0.717, 1.165) is 12.0 Å². The van der Waals surface area contributed by atoms with E-state index in [1.165, 1.54) is 5.57 Å². The number of hydrogen-bond donors (Lipinski definition) is 0. The second-order valence-electron chi connectivity index (χ2n) is 2.57. The number of hydrogen-bond acceptors (Lipinski definition) is 0. The Morgan fingerprint density at radius 3 is 2.40 bits per heavy atom. The Labute approximate surface area is 64.0 Å². The molecule has 0 rings (SSSR count). The van der Waals surface area contributed by atoms with Crippen molar-refractivity contribution in [3.63, 3.8) is 0 Å². The average Bonchev–Trinajstić information content (AvgIpc) is 1.87. The summed E-state index contributed by atoms with van der Waals surface area (Å²) in [5, 5.41) is 0. The van der Waals surface area contributed by atoms with E-state index in [4.69, 9.17) is 0 Å². The van der Waals surface area contributed by atoms with Gasteiger partial charge in [0.05, 0.1) is 0 Å². The Kier molecular flexibility index (Phi) is 4.65. The lowest BCUT2D eigenvalue weighted by atomic mass is 10.2. The lowest BCUT2D eigenvalue weighted by Gasteiger charge is -1.88. The van der Waals surface area contributed by atoms with Gasteiger partial charge in [-0.15, -0.1) is 0 Å². The summed E-state index contributed by atoms with van der Waals surface area (Å²) in [5.41, 5.74) is 2.50. The molecule has 0 saturated heterocycles. The third-order valence-corrected chi connectivity index (χ3v) is 1.32. The van der Waals surface area contributed by atoms with Crippen LogP contribution in [0.15, 0.2) is 36.0 Å². The van der Waals surface area contributed by atoms with Gasteiger partial charge in [-0.2, -0.15) is 0 Å². The molecule has 0 amide bonds. The van der Waals surface area contributed by atoms with Crippen LogP contribution in [0.2, 0.25) is 0 Å². The zero-order chi connectivity index (χ0) is 7.98. The molecule has 0 radical (unpaired) electrons. The highest BCUT2D eigenvalue weighted by Crippen LogP contribution is 1.98. The Hall–Kier alpha value is -0.780. The quantitative estimate of drug-likeness (QED) is 0.521. The van der Waals surface area contributed by atoms with E-state index >= 15 is 0 Å². The van der Waals surface area contributed by atoms with Gasteiger partial charge in [0.25, 0.3) is 0 Å². The van der Waals surface area contributed by atoms with E-state index in [1.54, 1.807) is 0 Å². The molecule has 0 fully saturated rings. The van der Waals surface area contributed by atoms with Gasteiger partial charge in [-0.25, -0.2) is 0 Å². The van der Waals surface area contributed by atoms with Crippen LogP contribution in [0.1, 0.15) is 27.2 Å². The summed E-state index contributed by atoms with van der Waals surface area (Å²) in [5.74, 6) is 0. The van der Waals surface area contributed by atoms with Crippen LogP contribution < -0.4 is 0 Å². The molecule has 0 bridgehead atoms. The minimum absolute atomic E-state index is 1.10. The largest absolute Gasteiger partial charge is 0.0961 e. The SMILES string of the molecule is C=C(C)/C=C/C=C(\C)CC. The molecule has 0 spiro atoms. The molecule has 56 valence electrons. The van der Waals surface area contributed by atoms with Crippen LogP contribution in [-0.4, -0.2) is 0 Å². The Balaban J connectivity index is 3.82. The maximum absolute atomic E-state index is 3.76. The zero-order valence-electron chi connectivity index (χ0n) is 7.15. The zero-order valence-corrected chi connectivity index (χ0v) is 7.15. The fourth-order valence-corrected chi connectivity index (χ4v) is 0.494. The molecule has 0 heteroatoms. The Morgan fingerprint density at radius 2 is 2.00 bits per heavy atom. The average molecular weight is 136 g/mol.